The van der Waals surface area contributed by atoms with Crippen LogP contribution in [0.3, 0.4) is 0 Å². The van der Waals surface area contributed by atoms with Crippen molar-refractivity contribution in [3.05, 3.63) is 127 Å². The topological polar surface area (TPSA) is 190 Å². The molecule has 0 aliphatic carbocycles. The van der Waals surface area contributed by atoms with Crippen LogP contribution in [0, 0.1) is 11.6 Å². The fraction of sp³-hybridized carbons (Fsp3) is 0.613. The summed E-state index contributed by atoms with van der Waals surface area (Å²) in [6.07, 6.45) is 0.494. The van der Waals surface area contributed by atoms with Gasteiger partial charge < -0.3 is 54.1 Å². The second kappa shape index (κ2) is 27.0. The SMILES string of the molecule is C[C@@H]1CN(CC(=O)N2CC(C)(C)c3[nH]c(=O)c(Cc4ccc(F)cc4)cc32)[C@@H](CN2CCO[C@H](COCCOCCOC[C@@H]3CN(C[C@H]4CN[C@H](C)CN4CC(=O)N4CC(C)(C)c5[nH]c(=O)c(Cc6ccc(F)cc6)cc54)CCO3)C2)CN1. The molecule has 4 fully saturated rings. The minimum absolute atomic E-state index is 0.00353. The molecule has 4 N–H and O–H groups in total. The Morgan fingerprint density at radius 1 is 0.590 bits per heavy atom. The first-order chi connectivity index (χ1) is 39.8. The van der Waals surface area contributed by atoms with E-state index in [0.29, 0.717) is 89.9 Å². The molecule has 2 aromatic carbocycles. The lowest BCUT2D eigenvalue weighted by atomic mass is 9.91. The number of nitrogens with one attached hydrogen (secondary N) is 4. The number of benzene rings is 2. The van der Waals surface area contributed by atoms with E-state index >= 15 is 0 Å². The molecular formula is C62H86F2N10O9. The fourth-order valence-corrected chi connectivity index (χ4v) is 12.8. The monoisotopic (exact) mass is 1150 g/mol. The second-order valence-corrected chi connectivity index (χ2v) is 25.2. The molecule has 0 bridgehead atoms. The van der Waals surface area contributed by atoms with Crippen molar-refractivity contribution in [1.82, 2.24) is 40.2 Å². The maximum atomic E-state index is 14.3. The molecule has 21 heteroatoms. The van der Waals surface area contributed by atoms with E-state index in [0.717, 1.165) is 99.3 Å². The van der Waals surface area contributed by atoms with Gasteiger partial charge in [-0.25, -0.2) is 8.78 Å². The van der Waals surface area contributed by atoms with Crippen LogP contribution in [-0.4, -0.2) is 222 Å². The number of H-pyrrole nitrogens is 2. The largest absolute Gasteiger partial charge is 0.377 e. The molecule has 0 saturated carbocycles. The average Bonchev–Trinajstić information content (AvgIpc) is 2.63. The molecule has 10 rings (SSSR count). The van der Waals surface area contributed by atoms with Crippen LogP contribution in [0.1, 0.15) is 75.2 Å². The summed E-state index contributed by atoms with van der Waals surface area (Å²) in [5.41, 5.74) is 4.46. The number of fused-ring (bicyclic) bond motifs is 2. The summed E-state index contributed by atoms with van der Waals surface area (Å²) in [7, 11) is 0. The summed E-state index contributed by atoms with van der Waals surface area (Å²) < 4.78 is 57.5. The van der Waals surface area contributed by atoms with E-state index in [1.165, 1.54) is 24.3 Å². The number of hydrogen-bond acceptors (Lipinski definition) is 15. The van der Waals surface area contributed by atoms with Crippen molar-refractivity contribution in [3.8, 4) is 0 Å². The number of morpholine rings is 2. The van der Waals surface area contributed by atoms with Gasteiger partial charge in [0, 0.05) is 149 Å². The minimum Gasteiger partial charge on any atom is -0.377 e. The Morgan fingerprint density at radius 2 is 0.988 bits per heavy atom. The first-order valence-corrected chi connectivity index (χ1v) is 29.8. The number of rotatable bonds is 22. The molecule has 6 aliphatic heterocycles. The van der Waals surface area contributed by atoms with Gasteiger partial charge in [0.15, 0.2) is 0 Å². The maximum Gasteiger partial charge on any atom is 0.251 e. The summed E-state index contributed by atoms with van der Waals surface area (Å²) in [5, 5.41) is 7.26. The van der Waals surface area contributed by atoms with E-state index in [9.17, 15) is 28.0 Å². The summed E-state index contributed by atoms with van der Waals surface area (Å²) in [6, 6.07) is 16.7. The van der Waals surface area contributed by atoms with Crippen molar-refractivity contribution in [1.29, 1.82) is 0 Å². The number of aromatic nitrogens is 2. The van der Waals surface area contributed by atoms with Gasteiger partial charge in [0.25, 0.3) is 11.1 Å². The predicted molar refractivity (Wildman–Crippen MR) is 314 cm³/mol. The normalized spacial score (nSPS) is 25.0. The van der Waals surface area contributed by atoms with Crippen molar-refractivity contribution < 1.29 is 42.1 Å². The van der Waals surface area contributed by atoms with Crippen LogP contribution >= 0.6 is 0 Å². The van der Waals surface area contributed by atoms with Crippen LogP contribution in [0.5, 0.6) is 0 Å². The quantitative estimate of drug-likeness (QED) is 0.0840. The van der Waals surface area contributed by atoms with E-state index in [1.54, 1.807) is 24.3 Å². The highest BCUT2D eigenvalue weighted by Gasteiger charge is 2.43. The zero-order chi connectivity index (χ0) is 58.4. The molecule has 0 unspecified atom stereocenters. The minimum atomic E-state index is -0.432. The highest BCUT2D eigenvalue weighted by Crippen LogP contribution is 2.40. The van der Waals surface area contributed by atoms with E-state index in [1.807, 2.05) is 49.6 Å². The van der Waals surface area contributed by atoms with Gasteiger partial charge in [0.2, 0.25) is 11.8 Å². The molecule has 2 amide bonds. The van der Waals surface area contributed by atoms with Crippen molar-refractivity contribution in [2.75, 3.05) is 154 Å². The standard InChI is InChI=1S/C62H86F2N10O9/c1-41-29-71(35-55(75)73-39-61(3,4)57-53(73)25-45(59(77)67-57)23-43-7-11-47(63)12-8-43)49(27-65-41)31-69-15-17-82-51(33-69)37-80-21-19-79-20-22-81-38-52-34-70(16-18-83-52)32-50-28-66-42(2)30-72(50)36-56(76)74-40-62(5,6)58-54(74)26-46(60(78)68-58)24-44-9-13-48(64)14-10-44/h7-14,25-26,41-42,49-52,65-66H,15-24,27-40H2,1-6H3,(H,67,77)(H,68,78)/t41-,42-,49-,50-,51+,52+/m1/s1. The van der Waals surface area contributed by atoms with Crippen LogP contribution < -0.4 is 31.6 Å². The first kappa shape index (κ1) is 60.8. The maximum absolute atomic E-state index is 14.3. The Labute approximate surface area is 486 Å². The molecule has 6 aliphatic rings. The number of aromatic amines is 2. The summed E-state index contributed by atoms with van der Waals surface area (Å²) >= 11 is 0. The molecule has 19 nitrogen and oxygen atoms in total. The summed E-state index contributed by atoms with van der Waals surface area (Å²) in [6.45, 7) is 25.3. The number of amides is 2. The van der Waals surface area contributed by atoms with Gasteiger partial charge in [0.1, 0.15) is 11.6 Å². The van der Waals surface area contributed by atoms with Crippen LogP contribution in [0.4, 0.5) is 20.2 Å². The zero-order valence-corrected chi connectivity index (χ0v) is 49.3. The molecule has 83 heavy (non-hydrogen) atoms. The highest BCUT2D eigenvalue weighted by atomic mass is 19.1. The zero-order valence-electron chi connectivity index (χ0n) is 49.3. The number of halogens is 2. The predicted octanol–water partition coefficient (Wildman–Crippen LogP) is 3.25. The number of anilines is 2. The van der Waals surface area contributed by atoms with E-state index in [2.05, 4.69) is 54.0 Å². The van der Waals surface area contributed by atoms with E-state index < -0.39 is 10.8 Å². The third-order valence-corrected chi connectivity index (χ3v) is 17.3. The van der Waals surface area contributed by atoms with Crippen molar-refractivity contribution in [2.24, 2.45) is 0 Å². The first-order valence-electron chi connectivity index (χ1n) is 29.8. The Bertz CT molecular complexity index is 2780. The van der Waals surface area contributed by atoms with Crippen LogP contribution in [0.25, 0.3) is 0 Å². The number of pyridine rings is 2. The van der Waals surface area contributed by atoms with Crippen molar-refractivity contribution in [2.45, 2.75) is 102 Å². The number of hydrogen-bond donors (Lipinski definition) is 4. The van der Waals surface area contributed by atoms with Crippen LogP contribution in [-0.2, 0) is 56.9 Å². The van der Waals surface area contributed by atoms with E-state index in [4.69, 9.17) is 23.7 Å². The number of carbonyl (C=O) groups is 2. The van der Waals surface area contributed by atoms with Gasteiger partial charge >= 0.3 is 0 Å². The lowest BCUT2D eigenvalue weighted by molar-refractivity contribution is -0.122. The van der Waals surface area contributed by atoms with Gasteiger partial charge in [0.05, 0.1) is 89.5 Å². The van der Waals surface area contributed by atoms with Crippen molar-refractivity contribution in [3.63, 3.8) is 0 Å². The second-order valence-electron chi connectivity index (χ2n) is 25.2. The summed E-state index contributed by atoms with van der Waals surface area (Å²) in [4.78, 5) is 74.4. The molecular weight excluding hydrogens is 1070 g/mol. The molecule has 4 aromatic rings. The Kier molecular flexibility index (Phi) is 19.7. The van der Waals surface area contributed by atoms with Gasteiger partial charge in [-0.2, -0.15) is 0 Å². The van der Waals surface area contributed by atoms with Crippen LogP contribution in [0.15, 0.2) is 70.3 Å². The Morgan fingerprint density at radius 3 is 1.40 bits per heavy atom. The highest BCUT2D eigenvalue weighted by molar-refractivity contribution is 5.98. The molecule has 452 valence electrons. The molecule has 0 spiro atoms. The van der Waals surface area contributed by atoms with Gasteiger partial charge in [-0.05, 0) is 61.4 Å². The number of piperazine rings is 2. The van der Waals surface area contributed by atoms with Gasteiger partial charge in [-0.15, -0.1) is 0 Å². The van der Waals surface area contributed by atoms with Gasteiger partial charge in [-0.1, -0.05) is 52.0 Å². The smallest absolute Gasteiger partial charge is 0.251 e. The third-order valence-electron chi connectivity index (χ3n) is 17.3. The molecule has 4 saturated heterocycles. The van der Waals surface area contributed by atoms with E-state index in [-0.39, 0.29) is 84.0 Å². The summed E-state index contributed by atoms with van der Waals surface area (Å²) in [5.74, 6) is -0.667. The number of carbonyl (C=O) groups excluding carboxylic acids is 2. The lowest BCUT2D eigenvalue weighted by Crippen LogP contribution is -2.61. The third kappa shape index (κ3) is 15.4. The lowest BCUT2D eigenvalue weighted by Gasteiger charge is -2.43. The molecule has 6 atom stereocenters. The molecule has 8 heterocycles. The number of nitrogens with zero attached hydrogens (tertiary/aromatic N) is 6. The molecule has 2 aromatic heterocycles. The van der Waals surface area contributed by atoms with Crippen molar-refractivity contribution >= 4 is 23.2 Å². The Balaban J connectivity index is 0.622. The number of ether oxygens (including phenoxy) is 5. The van der Waals surface area contributed by atoms with Gasteiger partial charge in [-0.3, -0.25) is 38.8 Å². The Hall–Kier alpha value is -5.30. The average molecular weight is 1150 g/mol. The fourth-order valence-electron chi connectivity index (χ4n) is 12.8. The molecule has 0 radical (unpaired) electrons. The van der Waals surface area contributed by atoms with Crippen LogP contribution in [0.2, 0.25) is 0 Å².